The number of methoxy groups -OCH3 is 1. The fourth-order valence-electron chi connectivity index (χ4n) is 3.60. The first-order valence-electron chi connectivity index (χ1n) is 9.59. The van der Waals surface area contributed by atoms with Crippen LogP contribution >= 0.6 is 35.6 Å². The number of piperidine rings is 1. The topological polar surface area (TPSA) is 66.0 Å². The third kappa shape index (κ3) is 7.75. The smallest absolute Gasteiger partial charge is 0.307 e. The van der Waals surface area contributed by atoms with E-state index < -0.39 is 0 Å². The Labute approximate surface area is 190 Å². The number of hydrogen-bond donors (Lipinski definition) is 2. The molecule has 1 aliphatic rings. The first-order chi connectivity index (χ1) is 13.0. The predicted octanol–water partition coefficient (Wildman–Crippen LogP) is 3.46. The number of guanidine groups is 1. The molecule has 1 fully saturated rings. The van der Waals surface area contributed by atoms with Gasteiger partial charge in [-0.05, 0) is 57.0 Å². The van der Waals surface area contributed by atoms with E-state index in [1.807, 2.05) is 19.1 Å². The SMILES string of the molecule is CCNC(=NCC1CCCN(C)C1c1cccc(Cl)c1)NCCC(=O)OC.I. The average Bonchev–Trinajstić information content (AvgIpc) is 2.65. The summed E-state index contributed by atoms with van der Waals surface area (Å²) in [4.78, 5) is 18.5. The summed E-state index contributed by atoms with van der Waals surface area (Å²) < 4.78 is 4.68. The van der Waals surface area contributed by atoms with Crippen molar-refractivity contribution < 1.29 is 9.53 Å². The lowest BCUT2D eigenvalue weighted by atomic mass is 9.85. The van der Waals surface area contributed by atoms with Crippen molar-refractivity contribution in [3.8, 4) is 0 Å². The van der Waals surface area contributed by atoms with Crippen molar-refractivity contribution in [2.75, 3.05) is 40.3 Å². The Balaban J connectivity index is 0.00000392. The minimum Gasteiger partial charge on any atom is -0.469 e. The molecule has 0 aliphatic carbocycles. The van der Waals surface area contributed by atoms with Crippen LogP contribution in [0.2, 0.25) is 5.02 Å². The number of ether oxygens (including phenoxy) is 1. The molecule has 0 bridgehead atoms. The van der Waals surface area contributed by atoms with Crippen LogP contribution in [0.25, 0.3) is 0 Å². The van der Waals surface area contributed by atoms with E-state index in [0.29, 0.717) is 24.9 Å². The van der Waals surface area contributed by atoms with E-state index >= 15 is 0 Å². The number of aliphatic imine (C=N–C) groups is 1. The van der Waals surface area contributed by atoms with Gasteiger partial charge in [0.1, 0.15) is 0 Å². The van der Waals surface area contributed by atoms with Crippen molar-refractivity contribution in [2.24, 2.45) is 10.9 Å². The maximum atomic E-state index is 11.3. The minimum absolute atomic E-state index is 0. The van der Waals surface area contributed by atoms with Gasteiger partial charge in [-0.2, -0.15) is 0 Å². The molecule has 0 radical (unpaired) electrons. The van der Waals surface area contributed by atoms with Gasteiger partial charge in [-0.3, -0.25) is 14.7 Å². The maximum Gasteiger partial charge on any atom is 0.307 e. The van der Waals surface area contributed by atoms with Crippen LogP contribution in [0.3, 0.4) is 0 Å². The molecule has 1 aromatic rings. The molecular weight excluding hydrogens is 491 g/mol. The molecule has 1 aliphatic heterocycles. The second-order valence-electron chi connectivity index (χ2n) is 6.86. The highest BCUT2D eigenvalue weighted by atomic mass is 127. The van der Waals surface area contributed by atoms with E-state index in [0.717, 1.165) is 37.0 Å². The number of nitrogens with one attached hydrogen (secondary N) is 2. The van der Waals surface area contributed by atoms with Crippen molar-refractivity contribution in [1.29, 1.82) is 0 Å². The Kier molecular flexibility index (Phi) is 11.8. The zero-order chi connectivity index (χ0) is 19.6. The molecule has 2 rings (SSSR count). The van der Waals surface area contributed by atoms with E-state index in [4.69, 9.17) is 16.6 Å². The van der Waals surface area contributed by atoms with E-state index in [2.05, 4.69) is 39.5 Å². The van der Waals surface area contributed by atoms with Crippen molar-refractivity contribution in [3.05, 3.63) is 34.9 Å². The first-order valence-corrected chi connectivity index (χ1v) is 9.97. The van der Waals surface area contributed by atoms with Crippen molar-refractivity contribution in [2.45, 2.75) is 32.2 Å². The molecule has 1 aromatic carbocycles. The zero-order valence-corrected chi connectivity index (χ0v) is 20.0. The molecule has 0 saturated carbocycles. The third-order valence-corrected chi connectivity index (χ3v) is 5.11. The lowest BCUT2D eigenvalue weighted by Crippen LogP contribution is -2.40. The van der Waals surface area contributed by atoms with Crippen LogP contribution in [0.15, 0.2) is 29.3 Å². The van der Waals surface area contributed by atoms with Crippen molar-refractivity contribution in [1.82, 2.24) is 15.5 Å². The maximum absolute atomic E-state index is 11.3. The molecule has 1 saturated heterocycles. The highest BCUT2D eigenvalue weighted by molar-refractivity contribution is 14.0. The summed E-state index contributed by atoms with van der Waals surface area (Å²) in [6.07, 6.45) is 2.62. The Morgan fingerprint density at radius 3 is 2.86 bits per heavy atom. The molecule has 0 spiro atoms. The fraction of sp³-hybridized carbons (Fsp3) is 0.600. The van der Waals surface area contributed by atoms with Gasteiger partial charge >= 0.3 is 5.97 Å². The second-order valence-corrected chi connectivity index (χ2v) is 7.29. The lowest BCUT2D eigenvalue weighted by molar-refractivity contribution is -0.140. The van der Waals surface area contributed by atoms with E-state index in [1.165, 1.54) is 19.1 Å². The molecule has 2 unspecified atom stereocenters. The van der Waals surface area contributed by atoms with Gasteiger partial charge in [0.15, 0.2) is 5.96 Å². The molecule has 8 heteroatoms. The van der Waals surface area contributed by atoms with Crippen molar-refractivity contribution in [3.63, 3.8) is 0 Å². The van der Waals surface area contributed by atoms with Gasteiger partial charge in [-0.15, -0.1) is 24.0 Å². The molecule has 1 heterocycles. The number of carbonyl (C=O) groups excluding carboxylic acids is 1. The van der Waals surface area contributed by atoms with E-state index in [-0.39, 0.29) is 29.9 Å². The summed E-state index contributed by atoms with van der Waals surface area (Å²) in [7, 11) is 3.57. The molecule has 0 aromatic heterocycles. The predicted molar refractivity (Wildman–Crippen MR) is 126 cm³/mol. The number of benzene rings is 1. The zero-order valence-electron chi connectivity index (χ0n) is 16.9. The molecular formula is C20H32ClIN4O2. The lowest BCUT2D eigenvalue weighted by Gasteiger charge is -2.39. The molecule has 0 amide bonds. The summed E-state index contributed by atoms with van der Waals surface area (Å²) >= 11 is 6.22. The van der Waals surface area contributed by atoms with Gasteiger partial charge in [0, 0.05) is 30.7 Å². The van der Waals surface area contributed by atoms with Crippen LogP contribution in [0.4, 0.5) is 0 Å². The molecule has 2 atom stereocenters. The fourth-order valence-corrected chi connectivity index (χ4v) is 3.80. The van der Waals surface area contributed by atoms with Crippen LogP contribution in [-0.2, 0) is 9.53 Å². The summed E-state index contributed by atoms with van der Waals surface area (Å²) in [5.74, 6) is 0.922. The van der Waals surface area contributed by atoms with Gasteiger partial charge in [-0.25, -0.2) is 0 Å². The van der Waals surface area contributed by atoms with Crippen LogP contribution in [0, 0.1) is 5.92 Å². The number of carbonyl (C=O) groups is 1. The molecule has 2 N–H and O–H groups in total. The minimum atomic E-state index is -0.228. The Morgan fingerprint density at radius 2 is 2.18 bits per heavy atom. The van der Waals surface area contributed by atoms with Crippen LogP contribution in [-0.4, -0.2) is 57.2 Å². The number of halogens is 2. The first kappa shape index (κ1) is 25.0. The van der Waals surface area contributed by atoms with E-state index in [1.54, 1.807) is 0 Å². The van der Waals surface area contributed by atoms with Gasteiger partial charge in [-0.1, -0.05) is 23.7 Å². The Bertz CT molecular complexity index is 644. The van der Waals surface area contributed by atoms with Gasteiger partial charge in [0.2, 0.25) is 0 Å². The second kappa shape index (κ2) is 13.2. The van der Waals surface area contributed by atoms with Crippen LogP contribution < -0.4 is 10.6 Å². The highest BCUT2D eigenvalue weighted by Crippen LogP contribution is 2.36. The standard InChI is InChI=1S/C20H31ClN4O2.HI/c1-4-22-20(23-11-10-18(26)27-3)24-14-16-8-6-12-25(2)19(16)15-7-5-9-17(21)13-15;/h5,7,9,13,16,19H,4,6,8,10-12,14H2,1-3H3,(H2,22,23,24);1H. The Hall–Kier alpha value is -1.06. The average molecular weight is 523 g/mol. The third-order valence-electron chi connectivity index (χ3n) is 4.87. The number of rotatable bonds is 7. The molecule has 158 valence electrons. The van der Waals surface area contributed by atoms with Gasteiger partial charge < -0.3 is 15.4 Å². The molecule has 28 heavy (non-hydrogen) atoms. The summed E-state index contributed by atoms with van der Waals surface area (Å²) in [6.45, 7) is 5.09. The monoisotopic (exact) mass is 522 g/mol. The number of likely N-dealkylation sites (tertiary alicyclic amines) is 1. The van der Waals surface area contributed by atoms with E-state index in [9.17, 15) is 4.79 Å². The summed E-state index contributed by atoms with van der Waals surface area (Å²) in [6, 6.07) is 8.44. The highest BCUT2D eigenvalue weighted by Gasteiger charge is 2.30. The summed E-state index contributed by atoms with van der Waals surface area (Å²) in [5, 5.41) is 7.21. The quantitative estimate of drug-likeness (QED) is 0.249. The Morgan fingerprint density at radius 1 is 1.39 bits per heavy atom. The largest absolute Gasteiger partial charge is 0.469 e. The van der Waals surface area contributed by atoms with Crippen LogP contribution in [0.5, 0.6) is 0 Å². The number of hydrogen-bond acceptors (Lipinski definition) is 4. The van der Waals surface area contributed by atoms with Crippen LogP contribution in [0.1, 0.15) is 37.8 Å². The number of nitrogens with zero attached hydrogens (tertiary/aromatic N) is 2. The van der Waals surface area contributed by atoms with Crippen molar-refractivity contribution >= 4 is 47.5 Å². The molecule has 6 nitrogen and oxygen atoms in total. The van der Waals surface area contributed by atoms with Gasteiger partial charge in [0.05, 0.1) is 13.5 Å². The summed E-state index contributed by atoms with van der Waals surface area (Å²) in [5.41, 5.74) is 1.24. The van der Waals surface area contributed by atoms with Gasteiger partial charge in [0.25, 0.3) is 0 Å². The normalized spacial score (nSPS) is 20.2. The number of esters is 1.